The van der Waals surface area contributed by atoms with Gasteiger partial charge in [-0.3, -0.25) is 4.79 Å². The molecule has 0 saturated heterocycles. The van der Waals surface area contributed by atoms with Gasteiger partial charge in [0.2, 0.25) is 0 Å². The molecule has 0 spiro atoms. The number of hydrogen-bond donors (Lipinski definition) is 3. The molecule has 2 atom stereocenters. The molecule has 0 aliphatic rings. The van der Waals surface area contributed by atoms with Crippen molar-refractivity contribution in [2.24, 2.45) is 5.73 Å². The molecule has 6 heteroatoms. The van der Waals surface area contributed by atoms with E-state index in [1.165, 1.54) is 6.20 Å². The lowest BCUT2D eigenvalue weighted by atomic mass is 10.0. The minimum Gasteiger partial charge on any atom is -0.480 e. The van der Waals surface area contributed by atoms with Crippen molar-refractivity contribution in [2.75, 3.05) is 0 Å². The van der Waals surface area contributed by atoms with Crippen molar-refractivity contribution < 1.29 is 15.0 Å². The Balaban J connectivity index is 2.96. The van der Waals surface area contributed by atoms with Crippen LogP contribution >= 0.6 is 11.6 Å². The number of nitrogens with two attached hydrogens (primary N) is 1. The summed E-state index contributed by atoms with van der Waals surface area (Å²) < 4.78 is 0. The predicted octanol–water partition coefficient (Wildman–Crippen LogP) is 0.489. The molecule has 0 fully saturated rings. The molecule has 1 aromatic heterocycles. The largest absolute Gasteiger partial charge is 0.480 e. The van der Waals surface area contributed by atoms with Gasteiger partial charge in [0.1, 0.15) is 17.3 Å². The van der Waals surface area contributed by atoms with Crippen molar-refractivity contribution in [1.29, 1.82) is 0 Å². The summed E-state index contributed by atoms with van der Waals surface area (Å²) in [5.74, 6) is -1.27. The van der Waals surface area contributed by atoms with Gasteiger partial charge in [0.05, 0.1) is 0 Å². The summed E-state index contributed by atoms with van der Waals surface area (Å²) in [7, 11) is 0. The van der Waals surface area contributed by atoms with Gasteiger partial charge in [-0.2, -0.15) is 0 Å². The fraction of sp³-hybridized carbons (Fsp3) is 0.333. The highest BCUT2D eigenvalue weighted by atomic mass is 35.5. The molecule has 15 heavy (non-hydrogen) atoms. The molecule has 82 valence electrons. The Morgan fingerprint density at radius 1 is 1.67 bits per heavy atom. The number of aromatic nitrogens is 1. The van der Waals surface area contributed by atoms with E-state index in [0.717, 1.165) is 0 Å². The topological polar surface area (TPSA) is 96.4 Å². The van der Waals surface area contributed by atoms with Crippen LogP contribution in [0, 0.1) is 6.92 Å². The van der Waals surface area contributed by atoms with E-state index in [4.69, 9.17) is 22.4 Å². The highest BCUT2D eigenvalue weighted by molar-refractivity contribution is 6.30. The maximum atomic E-state index is 10.5. The second-order valence-electron chi connectivity index (χ2n) is 3.19. The first-order valence-electron chi connectivity index (χ1n) is 4.22. The molecule has 1 heterocycles. The maximum absolute atomic E-state index is 10.5. The average molecular weight is 231 g/mol. The summed E-state index contributed by atoms with van der Waals surface area (Å²) in [4.78, 5) is 14.3. The van der Waals surface area contributed by atoms with Gasteiger partial charge in [-0.05, 0) is 18.6 Å². The summed E-state index contributed by atoms with van der Waals surface area (Å²) >= 11 is 5.69. The van der Waals surface area contributed by atoms with Crippen LogP contribution < -0.4 is 5.73 Å². The number of carboxylic acid groups (broad SMARTS) is 1. The standard InChI is InChI=1S/C9H11ClN2O3/c1-4-2-5(3-12-8(4)10)7(13)6(11)9(14)15/h2-3,6-7,13H,11H2,1H3,(H,14,15). The Bertz CT molecular complexity index is 384. The Morgan fingerprint density at radius 2 is 2.27 bits per heavy atom. The molecule has 0 saturated carbocycles. The average Bonchev–Trinajstić information content (AvgIpc) is 2.19. The van der Waals surface area contributed by atoms with Crippen molar-refractivity contribution >= 4 is 17.6 Å². The third kappa shape index (κ3) is 2.65. The lowest BCUT2D eigenvalue weighted by molar-refractivity contribution is -0.141. The SMILES string of the molecule is Cc1cc(C(O)C(N)C(=O)O)cnc1Cl. The van der Waals surface area contributed by atoms with Crippen LogP contribution in [0.5, 0.6) is 0 Å². The van der Waals surface area contributed by atoms with E-state index in [9.17, 15) is 9.90 Å². The van der Waals surface area contributed by atoms with Crippen LogP contribution in [-0.4, -0.2) is 27.2 Å². The molecule has 1 aromatic rings. The quantitative estimate of drug-likeness (QED) is 0.657. The van der Waals surface area contributed by atoms with Gasteiger partial charge in [-0.25, -0.2) is 4.98 Å². The van der Waals surface area contributed by atoms with Crippen LogP contribution in [-0.2, 0) is 4.79 Å². The Morgan fingerprint density at radius 3 is 2.73 bits per heavy atom. The van der Waals surface area contributed by atoms with Crippen LogP contribution in [0.3, 0.4) is 0 Å². The molecule has 0 radical (unpaired) electrons. The summed E-state index contributed by atoms with van der Waals surface area (Å²) in [5, 5.41) is 18.5. The van der Waals surface area contributed by atoms with Crippen LogP contribution in [0.2, 0.25) is 5.15 Å². The fourth-order valence-corrected chi connectivity index (χ4v) is 1.19. The number of nitrogens with zero attached hydrogens (tertiary/aromatic N) is 1. The number of aliphatic hydroxyl groups excluding tert-OH is 1. The first kappa shape index (κ1) is 11.9. The smallest absolute Gasteiger partial charge is 0.323 e. The lowest BCUT2D eigenvalue weighted by Crippen LogP contribution is -2.36. The lowest BCUT2D eigenvalue weighted by Gasteiger charge is -2.15. The third-order valence-corrected chi connectivity index (χ3v) is 2.40. The summed E-state index contributed by atoms with van der Waals surface area (Å²) in [6.07, 6.45) is 0.0222. The minimum atomic E-state index is -1.37. The molecule has 0 aromatic carbocycles. The molecule has 4 N–H and O–H groups in total. The van der Waals surface area contributed by atoms with Gasteiger partial charge >= 0.3 is 5.97 Å². The first-order chi connectivity index (χ1) is 6.93. The minimum absolute atomic E-state index is 0.315. The summed E-state index contributed by atoms with van der Waals surface area (Å²) in [6.45, 7) is 1.71. The molecule has 1 rings (SSSR count). The van der Waals surface area contributed by atoms with Crippen molar-refractivity contribution in [3.8, 4) is 0 Å². The molecule has 0 amide bonds. The zero-order chi connectivity index (χ0) is 11.6. The molecule has 5 nitrogen and oxygen atoms in total. The van der Waals surface area contributed by atoms with Crippen LogP contribution in [0.4, 0.5) is 0 Å². The van der Waals surface area contributed by atoms with E-state index >= 15 is 0 Å². The molecule has 0 aliphatic carbocycles. The predicted molar refractivity (Wildman–Crippen MR) is 54.6 cm³/mol. The van der Waals surface area contributed by atoms with Crippen LogP contribution in [0.1, 0.15) is 17.2 Å². The molecule has 0 bridgehead atoms. The van der Waals surface area contributed by atoms with E-state index < -0.39 is 18.1 Å². The monoisotopic (exact) mass is 230 g/mol. The second kappa shape index (κ2) is 4.57. The summed E-state index contributed by atoms with van der Waals surface area (Å²) in [6, 6.07) is 0.190. The Labute approximate surface area is 91.5 Å². The van der Waals surface area contributed by atoms with Gasteiger partial charge in [0, 0.05) is 11.8 Å². The number of hydrogen-bond acceptors (Lipinski definition) is 4. The van der Waals surface area contributed by atoms with Crippen molar-refractivity contribution in [3.63, 3.8) is 0 Å². The maximum Gasteiger partial charge on any atom is 0.323 e. The van der Waals surface area contributed by atoms with Gasteiger partial charge in [-0.15, -0.1) is 0 Å². The van der Waals surface area contributed by atoms with Crippen LogP contribution in [0.15, 0.2) is 12.3 Å². The van der Waals surface area contributed by atoms with E-state index in [0.29, 0.717) is 16.3 Å². The summed E-state index contributed by atoms with van der Waals surface area (Å²) in [5.41, 5.74) is 6.27. The van der Waals surface area contributed by atoms with E-state index in [2.05, 4.69) is 4.98 Å². The normalized spacial score (nSPS) is 14.7. The highest BCUT2D eigenvalue weighted by Gasteiger charge is 2.24. The second-order valence-corrected chi connectivity index (χ2v) is 3.54. The number of pyridine rings is 1. The number of halogens is 1. The molecular formula is C9H11ClN2O3. The van der Waals surface area contributed by atoms with Gasteiger partial charge < -0.3 is 15.9 Å². The number of aliphatic carboxylic acids is 1. The van der Waals surface area contributed by atoms with E-state index in [-0.39, 0.29) is 0 Å². The number of carbonyl (C=O) groups is 1. The highest BCUT2D eigenvalue weighted by Crippen LogP contribution is 2.19. The van der Waals surface area contributed by atoms with Crippen molar-refractivity contribution in [3.05, 3.63) is 28.5 Å². The van der Waals surface area contributed by atoms with Crippen LogP contribution in [0.25, 0.3) is 0 Å². The number of carboxylic acids is 1. The fourth-order valence-electron chi connectivity index (χ4n) is 1.08. The Kier molecular flexibility index (Phi) is 3.62. The number of aliphatic hydroxyl groups is 1. The molecular weight excluding hydrogens is 220 g/mol. The van der Waals surface area contributed by atoms with Crippen molar-refractivity contribution in [1.82, 2.24) is 4.98 Å². The zero-order valence-electron chi connectivity index (χ0n) is 8.01. The number of rotatable bonds is 3. The van der Waals surface area contributed by atoms with Gasteiger partial charge in [-0.1, -0.05) is 11.6 Å². The van der Waals surface area contributed by atoms with Gasteiger partial charge in [0.25, 0.3) is 0 Å². The van der Waals surface area contributed by atoms with Gasteiger partial charge in [0.15, 0.2) is 0 Å². The van der Waals surface area contributed by atoms with Crippen molar-refractivity contribution in [2.45, 2.75) is 19.1 Å². The molecule has 0 aliphatic heterocycles. The van der Waals surface area contributed by atoms with E-state index in [1.807, 2.05) is 0 Å². The van der Waals surface area contributed by atoms with E-state index in [1.54, 1.807) is 13.0 Å². The number of aryl methyl sites for hydroxylation is 1. The third-order valence-electron chi connectivity index (χ3n) is 2.00. The first-order valence-corrected chi connectivity index (χ1v) is 4.59. The molecule has 2 unspecified atom stereocenters. The Hall–Kier alpha value is -1.17. The zero-order valence-corrected chi connectivity index (χ0v) is 8.77.